The minimum Gasteiger partial charge on any atom is -0.462 e. The number of ether oxygens (including phenoxy) is 3. The van der Waals surface area contributed by atoms with E-state index in [-0.39, 0.29) is 31.1 Å². The zero-order chi connectivity index (χ0) is 57.8. The molecule has 0 amide bonds. The van der Waals surface area contributed by atoms with Gasteiger partial charge in [0.2, 0.25) is 0 Å². The van der Waals surface area contributed by atoms with E-state index in [2.05, 4.69) is 130 Å². The van der Waals surface area contributed by atoms with Gasteiger partial charge in [0.15, 0.2) is 6.10 Å². The van der Waals surface area contributed by atoms with Crippen LogP contribution in [0.4, 0.5) is 0 Å². The first-order valence-electron chi connectivity index (χ1n) is 33.9. The molecule has 0 aliphatic heterocycles. The Morgan fingerprint density at radius 1 is 0.263 bits per heavy atom. The summed E-state index contributed by atoms with van der Waals surface area (Å²) in [4.78, 5) is 38.4. The van der Waals surface area contributed by atoms with Crippen molar-refractivity contribution in [3.05, 3.63) is 109 Å². The average Bonchev–Trinajstić information content (AvgIpc) is 3.46. The Hall–Kier alpha value is -3.93. The second kappa shape index (κ2) is 67.6. The Morgan fingerprint density at radius 3 is 0.775 bits per heavy atom. The van der Waals surface area contributed by atoms with Crippen molar-refractivity contribution in [2.24, 2.45) is 0 Å². The molecule has 0 aliphatic rings. The first-order valence-corrected chi connectivity index (χ1v) is 33.9. The Labute approximate surface area is 495 Å². The minimum absolute atomic E-state index is 0.0840. The predicted octanol–water partition coefficient (Wildman–Crippen LogP) is 23.4. The molecule has 0 bridgehead atoms. The van der Waals surface area contributed by atoms with Gasteiger partial charge in [0, 0.05) is 19.3 Å². The number of rotatable bonds is 61. The molecule has 0 N–H and O–H groups in total. The molecule has 1 atom stereocenters. The molecule has 0 aromatic carbocycles. The summed E-state index contributed by atoms with van der Waals surface area (Å²) < 4.78 is 17.0. The first kappa shape index (κ1) is 76.1. The topological polar surface area (TPSA) is 78.9 Å². The van der Waals surface area contributed by atoms with Gasteiger partial charge < -0.3 is 14.2 Å². The number of hydrogen-bond donors (Lipinski definition) is 0. The van der Waals surface area contributed by atoms with E-state index in [1.54, 1.807) is 0 Å². The number of esters is 3. The molecule has 0 spiro atoms. The Kier molecular flexibility index (Phi) is 64.3. The van der Waals surface area contributed by atoms with Gasteiger partial charge in [-0.25, -0.2) is 0 Å². The number of allylic oxidation sites excluding steroid dienone is 18. The highest BCUT2D eigenvalue weighted by molar-refractivity contribution is 5.71. The minimum atomic E-state index is -0.789. The van der Waals surface area contributed by atoms with Gasteiger partial charge in [0.25, 0.3) is 0 Å². The van der Waals surface area contributed by atoms with Crippen LogP contribution >= 0.6 is 0 Å². The fourth-order valence-corrected chi connectivity index (χ4v) is 9.48. The van der Waals surface area contributed by atoms with Crippen molar-refractivity contribution < 1.29 is 28.6 Å². The van der Waals surface area contributed by atoms with Crippen molar-refractivity contribution in [2.45, 2.75) is 329 Å². The maximum Gasteiger partial charge on any atom is 0.306 e. The molecule has 0 fully saturated rings. The third-order valence-corrected chi connectivity index (χ3v) is 14.5. The molecular weight excluding hydrogens is 985 g/mol. The zero-order valence-electron chi connectivity index (χ0n) is 52.6. The quantitative estimate of drug-likeness (QED) is 0.0261. The van der Waals surface area contributed by atoms with E-state index in [0.717, 1.165) is 116 Å². The highest BCUT2D eigenvalue weighted by atomic mass is 16.6. The lowest BCUT2D eigenvalue weighted by Gasteiger charge is -2.18. The summed E-state index contributed by atoms with van der Waals surface area (Å²) in [5, 5.41) is 0. The van der Waals surface area contributed by atoms with E-state index in [1.165, 1.54) is 167 Å². The molecule has 1 unspecified atom stereocenters. The maximum atomic E-state index is 12.9. The van der Waals surface area contributed by atoms with Crippen LogP contribution in [0, 0.1) is 0 Å². The maximum absolute atomic E-state index is 12.9. The van der Waals surface area contributed by atoms with E-state index in [0.29, 0.717) is 19.3 Å². The van der Waals surface area contributed by atoms with Crippen LogP contribution in [0.15, 0.2) is 109 Å². The van der Waals surface area contributed by atoms with E-state index in [4.69, 9.17) is 14.2 Å². The molecule has 0 aromatic heterocycles. The van der Waals surface area contributed by atoms with Crippen molar-refractivity contribution in [1.29, 1.82) is 0 Å². The molecular formula is C74H126O6. The Balaban J connectivity index is 4.35. The van der Waals surface area contributed by atoms with Gasteiger partial charge in [-0.1, -0.05) is 291 Å². The molecule has 0 aromatic rings. The van der Waals surface area contributed by atoms with Crippen molar-refractivity contribution in [3.8, 4) is 0 Å². The highest BCUT2D eigenvalue weighted by Crippen LogP contribution is 2.16. The summed E-state index contributed by atoms with van der Waals surface area (Å²) in [6.45, 7) is 6.43. The fourth-order valence-electron chi connectivity index (χ4n) is 9.48. The highest BCUT2D eigenvalue weighted by Gasteiger charge is 2.19. The second-order valence-electron chi connectivity index (χ2n) is 22.3. The summed E-state index contributed by atoms with van der Waals surface area (Å²) >= 11 is 0. The molecule has 0 radical (unpaired) electrons. The molecule has 0 saturated heterocycles. The van der Waals surface area contributed by atoms with Crippen LogP contribution in [0.5, 0.6) is 0 Å². The summed E-state index contributed by atoms with van der Waals surface area (Å²) in [7, 11) is 0. The lowest BCUT2D eigenvalue weighted by molar-refractivity contribution is -0.167. The van der Waals surface area contributed by atoms with Gasteiger partial charge in [0.05, 0.1) is 0 Å². The smallest absolute Gasteiger partial charge is 0.306 e. The average molecular weight is 1110 g/mol. The van der Waals surface area contributed by atoms with Crippen molar-refractivity contribution in [1.82, 2.24) is 0 Å². The van der Waals surface area contributed by atoms with Crippen LogP contribution in [0.2, 0.25) is 0 Å². The number of carbonyl (C=O) groups excluding carboxylic acids is 3. The van der Waals surface area contributed by atoms with Crippen LogP contribution in [-0.4, -0.2) is 37.2 Å². The SMILES string of the molecule is CC/C=C\C/C=C\C/C=C\C/C=C\C/C=C\CCCCCCCCCCCCCC(=O)OCC(COC(=O)CCCCCCCCC/C=C\C/C=C\C/C=C\CC)OC(=O)CCCCCCCCC/C=C\CCCCCCCCC. The lowest BCUT2D eigenvalue weighted by Crippen LogP contribution is -2.30. The van der Waals surface area contributed by atoms with Gasteiger partial charge in [-0.05, 0) is 122 Å². The number of carbonyl (C=O) groups is 3. The van der Waals surface area contributed by atoms with E-state index >= 15 is 0 Å². The van der Waals surface area contributed by atoms with Crippen LogP contribution in [0.3, 0.4) is 0 Å². The molecule has 80 heavy (non-hydrogen) atoms. The summed E-state index contributed by atoms with van der Waals surface area (Å²) in [6.07, 6.45) is 92.4. The van der Waals surface area contributed by atoms with Gasteiger partial charge in [-0.2, -0.15) is 0 Å². The zero-order valence-corrected chi connectivity index (χ0v) is 52.6. The van der Waals surface area contributed by atoms with Crippen molar-refractivity contribution >= 4 is 17.9 Å². The first-order chi connectivity index (χ1) is 39.5. The number of hydrogen-bond acceptors (Lipinski definition) is 6. The molecule has 0 heterocycles. The predicted molar refractivity (Wildman–Crippen MR) is 348 cm³/mol. The standard InChI is InChI=1S/C74H126O6/c1-4-7-10-13-16-19-22-25-28-31-33-34-35-36-37-38-39-40-41-44-46-49-52-55-58-61-64-67-73(76)79-70-71(69-78-72(75)66-63-60-57-54-51-48-45-42-30-27-24-21-18-15-12-9-6-3)80-74(77)68-65-62-59-56-53-50-47-43-32-29-26-23-20-17-14-11-8-5-2/h7,9-10,12,16,18-19,21,25,27-30,32-34,36-37,71H,4-6,8,11,13-15,17,20,22-24,26,31,35,38-70H2,1-3H3/b10-7-,12-9-,19-16-,21-18-,28-25-,30-27-,32-29-,34-33-,37-36-. The molecule has 6 nitrogen and oxygen atoms in total. The Bertz CT molecular complexity index is 1610. The lowest BCUT2D eigenvalue weighted by atomic mass is 10.0. The van der Waals surface area contributed by atoms with Crippen molar-refractivity contribution in [3.63, 3.8) is 0 Å². The van der Waals surface area contributed by atoms with Crippen LogP contribution < -0.4 is 0 Å². The number of unbranched alkanes of at least 4 members (excludes halogenated alkanes) is 32. The van der Waals surface area contributed by atoms with Crippen LogP contribution in [0.1, 0.15) is 323 Å². The van der Waals surface area contributed by atoms with E-state index in [9.17, 15) is 14.4 Å². The fraction of sp³-hybridized carbons (Fsp3) is 0.716. The van der Waals surface area contributed by atoms with Gasteiger partial charge in [0.1, 0.15) is 13.2 Å². The second-order valence-corrected chi connectivity index (χ2v) is 22.3. The summed E-state index contributed by atoms with van der Waals surface area (Å²) in [5.74, 6) is -0.889. The largest absolute Gasteiger partial charge is 0.462 e. The monoisotopic (exact) mass is 1110 g/mol. The van der Waals surface area contributed by atoms with Crippen LogP contribution in [-0.2, 0) is 28.6 Å². The summed E-state index contributed by atoms with van der Waals surface area (Å²) in [5.41, 5.74) is 0. The molecule has 0 saturated carbocycles. The van der Waals surface area contributed by atoms with Gasteiger partial charge in [-0.3, -0.25) is 14.4 Å². The van der Waals surface area contributed by atoms with E-state index in [1.807, 2.05) is 0 Å². The van der Waals surface area contributed by atoms with Gasteiger partial charge >= 0.3 is 17.9 Å². The third-order valence-electron chi connectivity index (χ3n) is 14.5. The third kappa shape index (κ3) is 64.9. The van der Waals surface area contributed by atoms with Crippen molar-refractivity contribution in [2.75, 3.05) is 13.2 Å². The molecule has 0 aliphatic carbocycles. The van der Waals surface area contributed by atoms with Gasteiger partial charge in [-0.15, -0.1) is 0 Å². The molecule has 458 valence electrons. The molecule has 6 heteroatoms. The summed E-state index contributed by atoms with van der Waals surface area (Å²) in [6, 6.07) is 0. The Morgan fingerprint density at radius 2 is 0.487 bits per heavy atom. The van der Waals surface area contributed by atoms with Crippen LogP contribution in [0.25, 0.3) is 0 Å². The normalized spacial score (nSPS) is 12.8. The van der Waals surface area contributed by atoms with E-state index < -0.39 is 6.10 Å². The molecule has 0 rings (SSSR count).